The average Bonchev–Trinajstić information content (AvgIpc) is 2.83. The second-order valence-electron chi connectivity index (χ2n) is 12.7. The Morgan fingerprint density at radius 1 is 0.541 bits per heavy atom. The Labute approximate surface area is 229 Å². The number of fused-ring (bicyclic) bond motifs is 2. The summed E-state index contributed by atoms with van der Waals surface area (Å²) in [6.45, 7) is 14.1. The number of nitrogen functional groups attached to an aromatic ring is 1. The lowest BCUT2D eigenvalue weighted by molar-refractivity contribution is 0.595. The summed E-state index contributed by atoms with van der Waals surface area (Å²) in [7, 11) is 0. The summed E-state index contributed by atoms with van der Waals surface area (Å²) in [5, 5.41) is 8.62. The van der Waals surface area contributed by atoms with Crippen molar-refractivity contribution in [3.63, 3.8) is 0 Å². The lowest BCUT2D eigenvalue weighted by Gasteiger charge is -2.29. The van der Waals surface area contributed by atoms with Crippen molar-refractivity contribution in [3.05, 3.63) is 88.0 Å². The van der Waals surface area contributed by atoms with Crippen LogP contribution < -0.4 is 5.73 Å². The predicted octanol–water partition coefficient (Wildman–Crippen LogP) is 9.94. The van der Waals surface area contributed by atoms with Gasteiger partial charge in [0.1, 0.15) is 0 Å². The Hall–Kier alpha value is -2.36. The number of nitrogens with two attached hydrogens (primary N) is 1. The second kappa shape index (κ2) is 8.85. The van der Waals surface area contributed by atoms with Crippen LogP contribution in [-0.2, 0) is 33.8 Å². The minimum absolute atomic E-state index is 0.0622. The Balaban J connectivity index is 1.73. The zero-order chi connectivity index (χ0) is 26.1. The largest absolute Gasteiger partial charge is 0.398 e. The molecule has 0 spiro atoms. The molecule has 5 aromatic rings. The molecule has 1 aliphatic rings. The number of rotatable bonds is 0. The summed E-state index contributed by atoms with van der Waals surface area (Å²) in [6, 6.07) is 21.2. The second-order valence-corrected chi connectivity index (χ2v) is 14.7. The SMILES string of the molecule is CC(C)(C)c1cc2c3ccc4c(C(C)(C)C)cc5c(ccc1c5c24)CSCc1cccc(c1N)CSC3. The predicted molar refractivity (Wildman–Crippen MR) is 168 cm³/mol. The fourth-order valence-electron chi connectivity index (χ4n) is 6.04. The van der Waals surface area contributed by atoms with Crippen molar-refractivity contribution in [2.75, 3.05) is 5.73 Å². The number of thioether (sulfide) groups is 2. The van der Waals surface area contributed by atoms with E-state index in [1.54, 1.807) is 0 Å². The van der Waals surface area contributed by atoms with Gasteiger partial charge in [0, 0.05) is 28.7 Å². The standard InChI is InChI=1S/C34H37NS2/c1-33(2,3)28-14-26-20-11-13-25-29(34(4,5)6)15-27-21(10-12-24(28)30(27)31(25)26)17-37-19-23-9-7-8-22(32(23)35)18-36-16-20/h7-15H,16-19,35H2,1-6H3. The monoisotopic (exact) mass is 523 g/mol. The molecule has 1 aliphatic heterocycles. The van der Waals surface area contributed by atoms with E-state index in [-0.39, 0.29) is 10.8 Å². The molecule has 6 rings (SSSR count). The van der Waals surface area contributed by atoms with E-state index < -0.39 is 0 Å². The molecule has 8 bridgehead atoms. The van der Waals surface area contributed by atoms with Crippen LogP contribution in [0.3, 0.4) is 0 Å². The average molecular weight is 524 g/mol. The molecule has 0 aliphatic carbocycles. The highest BCUT2D eigenvalue weighted by Gasteiger charge is 2.26. The highest BCUT2D eigenvalue weighted by atomic mass is 32.2. The number of para-hydroxylation sites is 1. The van der Waals surface area contributed by atoms with E-state index >= 15 is 0 Å². The Morgan fingerprint density at radius 2 is 0.946 bits per heavy atom. The number of hydrogen-bond acceptors (Lipinski definition) is 3. The van der Waals surface area contributed by atoms with Crippen molar-refractivity contribution >= 4 is 61.5 Å². The van der Waals surface area contributed by atoms with E-state index in [2.05, 4.69) is 96.1 Å². The zero-order valence-corrected chi connectivity index (χ0v) is 24.6. The number of benzene rings is 5. The molecule has 0 amide bonds. The van der Waals surface area contributed by atoms with Gasteiger partial charge >= 0.3 is 0 Å². The molecule has 0 unspecified atom stereocenters. The van der Waals surface area contributed by atoms with Crippen molar-refractivity contribution in [1.29, 1.82) is 0 Å². The molecule has 0 radical (unpaired) electrons. The maximum atomic E-state index is 6.67. The van der Waals surface area contributed by atoms with Crippen LogP contribution in [-0.4, -0.2) is 0 Å². The first kappa shape index (κ1) is 24.9. The van der Waals surface area contributed by atoms with Gasteiger partial charge in [0.25, 0.3) is 0 Å². The number of anilines is 1. The highest BCUT2D eigenvalue weighted by molar-refractivity contribution is 7.98. The summed E-state index contributed by atoms with van der Waals surface area (Å²) in [4.78, 5) is 0. The molecule has 0 atom stereocenters. The van der Waals surface area contributed by atoms with Crippen LogP contribution in [0.25, 0.3) is 32.3 Å². The van der Waals surface area contributed by atoms with Gasteiger partial charge in [-0.1, -0.05) is 84.0 Å². The van der Waals surface area contributed by atoms with Gasteiger partial charge in [-0.15, -0.1) is 0 Å². The third-order valence-electron chi connectivity index (χ3n) is 8.01. The molecule has 0 aromatic heterocycles. The summed E-state index contributed by atoms with van der Waals surface area (Å²) < 4.78 is 0. The van der Waals surface area contributed by atoms with Gasteiger partial charge in [0.05, 0.1) is 0 Å². The Morgan fingerprint density at radius 3 is 1.35 bits per heavy atom. The van der Waals surface area contributed by atoms with Crippen LogP contribution in [0.5, 0.6) is 0 Å². The third-order valence-corrected chi connectivity index (χ3v) is 10.1. The van der Waals surface area contributed by atoms with Crippen LogP contribution >= 0.6 is 23.5 Å². The van der Waals surface area contributed by atoms with Crippen LogP contribution in [0.1, 0.15) is 74.9 Å². The smallest absolute Gasteiger partial charge is 0.0396 e. The van der Waals surface area contributed by atoms with E-state index in [0.717, 1.165) is 28.7 Å². The van der Waals surface area contributed by atoms with Crippen molar-refractivity contribution in [2.24, 2.45) is 0 Å². The van der Waals surface area contributed by atoms with Crippen molar-refractivity contribution < 1.29 is 0 Å². The highest BCUT2D eigenvalue weighted by Crippen LogP contribution is 2.47. The van der Waals surface area contributed by atoms with Gasteiger partial charge < -0.3 is 5.73 Å². The summed E-state index contributed by atoms with van der Waals surface area (Å²) in [5.41, 5.74) is 16.1. The molecule has 3 heteroatoms. The molecule has 1 heterocycles. The van der Waals surface area contributed by atoms with E-state index in [4.69, 9.17) is 5.73 Å². The van der Waals surface area contributed by atoms with E-state index in [0.29, 0.717) is 0 Å². The molecule has 0 saturated carbocycles. The van der Waals surface area contributed by atoms with E-state index in [1.807, 2.05) is 23.5 Å². The Kier molecular flexibility index (Phi) is 5.97. The molecule has 0 saturated heterocycles. The van der Waals surface area contributed by atoms with Crippen molar-refractivity contribution in [2.45, 2.75) is 75.4 Å². The van der Waals surface area contributed by atoms with Gasteiger partial charge in [0.15, 0.2) is 0 Å². The number of hydrogen-bond donors (Lipinski definition) is 1. The van der Waals surface area contributed by atoms with Crippen LogP contribution in [0, 0.1) is 0 Å². The summed E-state index contributed by atoms with van der Waals surface area (Å²) >= 11 is 3.96. The van der Waals surface area contributed by atoms with Gasteiger partial charge in [-0.2, -0.15) is 23.5 Å². The molecule has 190 valence electrons. The molecule has 0 fully saturated rings. The molecule has 1 nitrogen and oxygen atoms in total. The maximum absolute atomic E-state index is 6.67. The van der Waals surface area contributed by atoms with Gasteiger partial charge in [-0.05, 0) is 88.7 Å². The first-order chi connectivity index (χ1) is 17.5. The van der Waals surface area contributed by atoms with Gasteiger partial charge in [0.2, 0.25) is 0 Å². The molecule has 2 N–H and O–H groups in total. The maximum Gasteiger partial charge on any atom is 0.0396 e. The lowest BCUT2D eigenvalue weighted by atomic mass is 9.76. The normalized spacial score (nSPS) is 15.3. The fraction of sp³-hybridized carbons (Fsp3) is 0.353. The summed E-state index contributed by atoms with van der Waals surface area (Å²) in [6.07, 6.45) is 0. The molecular formula is C34H37NS2. The van der Waals surface area contributed by atoms with Crippen molar-refractivity contribution in [1.82, 2.24) is 0 Å². The first-order valence-corrected chi connectivity index (χ1v) is 15.6. The lowest BCUT2D eigenvalue weighted by Crippen LogP contribution is -2.14. The molecule has 37 heavy (non-hydrogen) atoms. The fourth-order valence-corrected chi connectivity index (χ4v) is 8.13. The Bertz CT molecular complexity index is 1530. The van der Waals surface area contributed by atoms with E-state index in [9.17, 15) is 0 Å². The van der Waals surface area contributed by atoms with Crippen molar-refractivity contribution in [3.8, 4) is 0 Å². The minimum atomic E-state index is 0.0622. The zero-order valence-electron chi connectivity index (χ0n) is 22.9. The van der Waals surface area contributed by atoms with Crippen LogP contribution in [0.15, 0.2) is 54.6 Å². The van der Waals surface area contributed by atoms with E-state index in [1.165, 1.54) is 65.7 Å². The molecular weight excluding hydrogens is 487 g/mol. The van der Waals surface area contributed by atoms with Gasteiger partial charge in [-0.3, -0.25) is 0 Å². The van der Waals surface area contributed by atoms with Crippen LogP contribution in [0.4, 0.5) is 5.69 Å². The topological polar surface area (TPSA) is 26.0 Å². The first-order valence-electron chi connectivity index (χ1n) is 13.3. The minimum Gasteiger partial charge on any atom is -0.398 e. The quantitative estimate of drug-likeness (QED) is 0.161. The molecule has 5 aromatic carbocycles. The van der Waals surface area contributed by atoms with Crippen LogP contribution in [0.2, 0.25) is 0 Å². The summed E-state index contributed by atoms with van der Waals surface area (Å²) in [5.74, 6) is 3.84. The van der Waals surface area contributed by atoms with Gasteiger partial charge in [-0.25, -0.2) is 0 Å². The third kappa shape index (κ3) is 4.19.